The number of ether oxygens (including phenoxy) is 1. The number of benzene rings is 1. The van der Waals surface area contributed by atoms with Crippen molar-refractivity contribution in [3.05, 3.63) is 23.8 Å². The molecule has 0 aliphatic carbocycles. The molecule has 3 nitrogen and oxygen atoms in total. The maximum absolute atomic E-state index is 8.73. The van der Waals surface area contributed by atoms with Crippen LogP contribution in [0.15, 0.2) is 18.2 Å². The van der Waals surface area contributed by atoms with Gasteiger partial charge in [0.2, 0.25) is 0 Å². The van der Waals surface area contributed by atoms with Gasteiger partial charge in [-0.15, -0.1) is 0 Å². The molecule has 1 aliphatic rings. The summed E-state index contributed by atoms with van der Waals surface area (Å²) in [7, 11) is 0. The summed E-state index contributed by atoms with van der Waals surface area (Å²) in [6.07, 6.45) is 3.54. The van der Waals surface area contributed by atoms with Gasteiger partial charge in [0.25, 0.3) is 0 Å². The van der Waals surface area contributed by atoms with E-state index in [0.717, 1.165) is 38.1 Å². The van der Waals surface area contributed by atoms with Gasteiger partial charge >= 0.3 is 0 Å². The number of anilines is 1. The zero-order chi connectivity index (χ0) is 14.6. The predicted octanol–water partition coefficient (Wildman–Crippen LogP) is 4.06. The molecule has 0 radical (unpaired) electrons. The van der Waals surface area contributed by atoms with Crippen LogP contribution in [-0.2, 0) is 0 Å². The van der Waals surface area contributed by atoms with Gasteiger partial charge in [0.05, 0.1) is 18.3 Å². The van der Waals surface area contributed by atoms with E-state index in [1.165, 1.54) is 11.3 Å². The second-order valence-corrected chi connectivity index (χ2v) is 5.65. The third kappa shape index (κ3) is 2.90. The normalized spacial score (nSPS) is 16.2. The molecule has 0 fully saturated rings. The topological polar surface area (TPSA) is 36.3 Å². The van der Waals surface area contributed by atoms with Gasteiger partial charge in [-0.1, -0.05) is 19.9 Å². The lowest BCUT2D eigenvalue weighted by molar-refractivity contribution is 0.0574. The monoisotopic (exact) mass is 272 g/mol. The number of rotatable bonds is 5. The smallest absolute Gasteiger partial charge is 0.143 e. The van der Waals surface area contributed by atoms with Crippen molar-refractivity contribution < 1.29 is 4.74 Å². The lowest BCUT2D eigenvalue weighted by atomic mass is 9.93. The lowest BCUT2D eigenvalue weighted by Crippen LogP contribution is -2.50. The van der Waals surface area contributed by atoms with E-state index in [1.807, 2.05) is 0 Å². The largest absolute Gasteiger partial charge is 0.483 e. The molecule has 0 aromatic heterocycles. The van der Waals surface area contributed by atoms with Crippen LogP contribution in [0, 0.1) is 18.3 Å². The van der Waals surface area contributed by atoms with Crippen LogP contribution in [0.2, 0.25) is 0 Å². The Kier molecular flexibility index (Phi) is 4.54. The summed E-state index contributed by atoms with van der Waals surface area (Å²) < 4.78 is 6.33. The van der Waals surface area contributed by atoms with Crippen LogP contribution in [0.4, 0.5) is 5.69 Å². The van der Waals surface area contributed by atoms with Crippen molar-refractivity contribution in [3.8, 4) is 11.8 Å². The van der Waals surface area contributed by atoms with Crippen LogP contribution in [0.3, 0.4) is 0 Å². The molecule has 0 spiro atoms. The minimum Gasteiger partial charge on any atom is -0.483 e. The fourth-order valence-electron chi connectivity index (χ4n) is 2.83. The molecule has 1 aliphatic heterocycles. The highest BCUT2D eigenvalue weighted by molar-refractivity contribution is 5.62. The van der Waals surface area contributed by atoms with Gasteiger partial charge < -0.3 is 9.64 Å². The summed E-state index contributed by atoms with van der Waals surface area (Å²) in [5.74, 6) is 0.997. The first kappa shape index (κ1) is 14.7. The summed E-state index contributed by atoms with van der Waals surface area (Å²) in [6, 6.07) is 8.64. The average Bonchev–Trinajstić information content (AvgIpc) is 2.46. The van der Waals surface area contributed by atoms with E-state index in [4.69, 9.17) is 10.00 Å². The molecule has 0 saturated heterocycles. The van der Waals surface area contributed by atoms with Crippen LogP contribution in [-0.4, -0.2) is 18.7 Å². The average molecular weight is 272 g/mol. The van der Waals surface area contributed by atoms with Gasteiger partial charge in [-0.2, -0.15) is 5.26 Å². The third-order valence-corrected chi connectivity index (χ3v) is 4.27. The van der Waals surface area contributed by atoms with E-state index in [1.54, 1.807) is 0 Å². The quantitative estimate of drug-likeness (QED) is 0.758. The Hall–Kier alpha value is -1.69. The third-order valence-electron chi connectivity index (χ3n) is 4.27. The van der Waals surface area contributed by atoms with Crippen molar-refractivity contribution in [2.45, 2.75) is 52.1 Å². The predicted molar refractivity (Wildman–Crippen MR) is 82.2 cm³/mol. The summed E-state index contributed by atoms with van der Waals surface area (Å²) in [5, 5.41) is 8.73. The molecule has 0 bridgehead atoms. The van der Waals surface area contributed by atoms with Crippen molar-refractivity contribution in [1.82, 2.24) is 0 Å². The van der Waals surface area contributed by atoms with Gasteiger partial charge in [-0.3, -0.25) is 0 Å². The van der Waals surface area contributed by atoms with Crippen molar-refractivity contribution in [3.63, 3.8) is 0 Å². The highest BCUT2D eigenvalue weighted by Gasteiger charge is 2.36. The Balaban J connectivity index is 2.29. The SMILES string of the molecule is CCC1(CC)CN(CCCC#N)c2ccc(C)cc2O1. The summed E-state index contributed by atoms with van der Waals surface area (Å²) in [6.45, 7) is 8.32. The number of nitriles is 1. The number of hydrogen-bond acceptors (Lipinski definition) is 3. The fraction of sp³-hybridized carbons (Fsp3) is 0.588. The molecule has 0 unspecified atom stereocenters. The molecular weight excluding hydrogens is 248 g/mol. The number of nitrogens with zero attached hydrogens (tertiary/aromatic N) is 2. The van der Waals surface area contributed by atoms with Crippen LogP contribution in [0.5, 0.6) is 5.75 Å². The molecule has 0 saturated carbocycles. The second-order valence-electron chi connectivity index (χ2n) is 5.65. The van der Waals surface area contributed by atoms with E-state index in [0.29, 0.717) is 6.42 Å². The fourth-order valence-corrected chi connectivity index (χ4v) is 2.83. The number of aryl methyl sites for hydroxylation is 1. The maximum atomic E-state index is 8.73. The first-order chi connectivity index (χ1) is 9.64. The highest BCUT2D eigenvalue weighted by atomic mass is 16.5. The van der Waals surface area contributed by atoms with E-state index >= 15 is 0 Å². The van der Waals surface area contributed by atoms with E-state index < -0.39 is 0 Å². The molecule has 1 aromatic rings. The summed E-state index contributed by atoms with van der Waals surface area (Å²) in [5.41, 5.74) is 2.31. The van der Waals surface area contributed by atoms with Gasteiger partial charge in [-0.25, -0.2) is 0 Å². The second kappa shape index (κ2) is 6.17. The Bertz CT molecular complexity index is 500. The van der Waals surface area contributed by atoms with Gasteiger partial charge in [0, 0.05) is 13.0 Å². The number of fused-ring (bicyclic) bond motifs is 1. The van der Waals surface area contributed by atoms with E-state index in [2.05, 4.69) is 49.9 Å². The minimum atomic E-state index is -0.0898. The van der Waals surface area contributed by atoms with Gasteiger partial charge in [0.15, 0.2) is 0 Å². The summed E-state index contributed by atoms with van der Waals surface area (Å²) in [4.78, 5) is 2.39. The molecule has 1 aromatic carbocycles. The van der Waals surface area contributed by atoms with Crippen molar-refractivity contribution in [1.29, 1.82) is 5.26 Å². The van der Waals surface area contributed by atoms with Gasteiger partial charge in [0.1, 0.15) is 11.4 Å². The molecular formula is C17H24N2O. The molecule has 3 heteroatoms. The van der Waals surface area contributed by atoms with Crippen molar-refractivity contribution in [2.24, 2.45) is 0 Å². The number of hydrogen-bond donors (Lipinski definition) is 0. The molecule has 0 N–H and O–H groups in total. The Morgan fingerprint density at radius 2 is 2.10 bits per heavy atom. The van der Waals surface area contributed by atoms with Crippen molar-refractivity contribution >= 4 is 5.69 Å². The minimum absolute atomic E-state index is 0.0898. The van der Waals surface area contributed by atoms with Gasteiger partial charge in [-0.05, 0) is 43.9 Å². The standard InChI is InChI=1S/C17H24N2O/c1-4-17(5-2)13-19(11-7-6-10-18)15-9-8-14(3)12-16(15)20-17/h8-9,12H,4-7,11,13H2,1-3H3. The molecule has 1 heterocycles. The molecule has 20 heavy (non-hydrogen) atoms. The van der Waals surface area contributed by atoms with Crippen LogP contribution < -0.4 is 9.64 Å². The van der Waals surface area contributed by atoms with Crippen LogP contribution in [0.25, 0.3) is 0 Å². The zero-order valence-corrected chi connectivity index (χ0v) is 12.8. The van der Waals surface area contributed by atoms with Crippen LogP contribution >= 0.6 is 0 Å². The Labute approximate surface area is 122 Å². The first-order valence-electron chi connectivity index (χ1n) is 7.55. The molecule has 2 rings (SSSR count). The van der Waals surface area contributed by atoms with E-state index in [-0.39, 0.29) is 5.60 Å². The summed E-state index contributed by atoms with van der Waals surface area (Å²) >= 11 is 0. The maximum Gasteiger partial charge on any atom is 0.143 e. The molecule has 108 valence electrons. The Morgan fingerprint density at radius 1 is 1.35 bits per heavy atom. The molecule has 0 atom stereocenters. The highest BCUT2D eigenvalue weighted by Crippen LogP contribution is 2.40. The Morgan fingerprint density at radius 3 is 2.75 bits per heavy atom. The lowest BCUT2D eigenvalue weighted by Gasteiger charge is -2.44. The van der Waals surface area contributed by atoms with Crippen molar-refractivity contribution in [2.75, 3.05) is 18.0 Å². The molecule has 0 amide bonds. The van der Waals surface area contributed by atoms with E-state index in [9.17, 15) is 0 Å². The zero-order valence-electron chi connectivity index (χ0n) is 12.8. The van der Waals surface area contributed by atoms with Crippen LogP contribution in [0.1, 0.15) is 45.1 Å². The number of unbranched alkanes of at least 4 members (excludes halogenated alkanes) is 1. The first-order valence-corrected chi connectivity index (χ1v) is 7.55.